The summed E-state index contributed by atoms with van der Waals surface area (Å²) in [7, 11) is 0. The van der Waals surface area contributed by atoms with Crippen molar-refractivity contribution >= 4 is 45.6 Å². The van der Waals surface area contributed by atoms with E-state index in [-0.39, 0.29) is 23.3 Å². The maximum Gasteiger partial charge on any atom is 0.235 e. The number of carbonyl (C=O) groups excluding carboxylic acids is 2. The third-order valence-corrected chi connectivity index (χ3v) is 6.60. The lowest BCUT2D eigenvalue weighted by molar-refractivity contribution is -0.114. The Balaban J connectivity index is 1.49. The predicted molar refractivity (Wildman–Crippen MR) is 118 cm³/mol. The maximum absolute atomic E-state index is 12.3. The molecule has 0 aliphatic heterocycles. The molecule has 2 N–H and O–H groups in total. The molecule has 6 nitrogen and oxygen atoms in total. The van der Waals surface area contributed by atoms with E-state index in [0.29, 0.717) is 28.6 Å². The molecule has 2 amide bonds. The Labute approximate surface area is 178 Å². The minimum Gasteiger partial charge on any atom is -0.492 e. The lowest BCUT2D eigenvalue weighted by atomic mass is 9.96. The zero-order chi connectivity index (χ0) is 20.6. The van der Waals surface area contributed by atoms with Gasteiger partial charge in [0.1, 0.15) is 16.8 Å². The zero-order valence-electron chi connectivity index (χ0n) is 16.2. The van der Waals surface area contributed by atoms with Crippen LogP contribution in [-0.2, 0) is 22.4 Å². The van der Waals surface area contributed by atoms with E-state index in [0.717, 1.165) is 31.2 Å². The second-order valence-corrected chi connectivity index (χ2v) is 8.64. The number of benzene rings is 1. The van der Waals surface area contributed by atoms with Crippen LogP contribution in [0.1, 0.15) is 35.8 Å². The fourth-order valence-corrected chi connectivity index (χ4v) is 5.08. The molecule has 3 rings (SSSR count). The fourth-order valence-electron chi connectivity index (χ4n) is 3.21. The average molecular weight is 430 g/mol. The van der Waals surface area contributed by atoms with Gasteiger partial charge in [-0.2, -0.15) is 5.26 Å². The Morgan fingerprint density at radius 1 is 1.17 bits per heavy atom. The number of hydrogen-bond donors (Lipinski definition) is 2. The van der Waals surface area contributed by atoms with Crippen LogP contribution in [-0.4, -0.2) is 29.9 Å². The van der Waals surface area contributed by atoms with Gasteiger partial charge in [-0.25, -0.2) is 0 Å². The zero-order valence-corrected chi connectivity index (χ0v) is 17.9. The van der Waals surface area contributed by atoms with E-state index in [4.69, 9.17) is 4.74 Å². The van der Waals surface area contributed by atoms with Crippen LogP contribution in [0.2, 0.25) is 0 Å². The van der Waals surface area contributed by atoms with Crippen molar-refractivity contribution in [1.29, 1.82) is 5.26 Å². The van der Waals surface area contributed by atoms with Gasteiger partial charge in [-0.1, -0.05) is 12.1 Å². The Bertz CT molecular complexity index is 934. The summed E-state index contributed by atoms with van der Waals surface area (Å²) in [5.41, 5.74) is 2.32. The van der Waals surface area contributed by atoms with Crippen molar-refractivity contribution in [2.75, 3.05) is 28.7 Å². The van der Waals surface area contributed by atoms with Crippen molar-refractivity contribution < 1.29 is 14.3 Å². The van der Waals surface area contributed by atoms with Gasteiger partial charge in [0.25, 0.3) is 0 Å². The molecular weight excluding hydrogens is 406 g/mol. The Morgan fingerprint density at radius 3 is 2.66 bits per heavy atom. The summed E-state index contributed by atoms with van der Waals surface area (Å²) in [6, 6.07) is 9.49. The molecule has 0 fully saturated rings. The SMILES string of the molecule is CCOc1ccccc1NC(=O)CSCC(=O)Nc1sc2c(c1C#N)CCCC2. The summed E-state index contributed by atoms with van der Waals surface area (Å²) in [5, 5.41) is 15.8. The standard InChI is InChI=1S/C21H23N3O3S2/c1-2-27-17-9-5-4-8-16(17)23-19(25)12-28-13-20(26)24-21-15(11-22)14-7-3-6-10-18(14)29-21/h4-5,8-9H,2-3,6-7,10,12-13H2,1H3,(H,23,25)(H,24,26). The van der Waals surface area contributed by atoms with E-state index >= 15 is 0 Å². The van der Waals surface area contributed by atoms with Crippen molar-refractivity contribution in [1.82, 2.24) is 0 Å². The maximum atomic E-state index is 12.3. The molecule has 0 saturated heterocycles. The molecule has 0 bridgehead atoms. The van der Waals surface area contributed by atoms with Gasteiger partial charge in [-0.3, -0.25) is 9.59 Å². The van der Waals surface area contributed by atoms with Gasteiger partial charge in [-0.15, -0.1) is 23.1 Å². The number of fused-ring (bicyclic) bond motifs is 1. The van der Waals surface area contributed by atoms with E-state index in [1.54, 1.807) is 12.1 Å². The van der Waals surface area contributed by atoms with Crippen LogP contribution in [0.3, 0.4) is 0 Å². The number of nitrogens with zero attached hydrogens (tertiary/aromatic N) is 1. The van der Waals surface area contributed by atoms with Crippen LogP contribution < -0.4 is 15.4 Å². The molecule has 0 radical (unpaired) electrons. The molecule has 1 aliphatic rings. The Kier molecular flexibility index (Phi) is 7.55. The lowest BCUT2D eigenvalue weighted by Gasteiger charge is -2.11. The summed E-state index contributed by atoms with van der Waals surface area (Å²) in [6.07, 6.45) is 4.10. The van der Waals surface area contributed by atoms with Gasteiger partial charge in [0, 0.05) is 4.88 Å². The molecule has 0 unspecified atom stereocenters. The molecule has 1 aliphatic carbocycles. The van der Waals surface area contributed by atoms with Crippen LogP contribution in [0.4, 0.5) is 10.7 Å². The van der Waals surface area contributed by atoms with Crippen molar-refractivity contribution in [2.24, 2.45) is 0 Å². The topological polar surface area (TPSA) is 91.2 Å². The molecule has 0 spiro atoms. The first kappa shape index (κ1) is 21.2. The number of anilines is 2. The first-order valence-corrected chi connectivity index (χ1v) is 11.5. The number of ether oxygens (including phenoxy) is 1. The number of hydrogen-bond acceptors (Lipinski definition) is 6. The molecular formula is C21H23N3O3S2. The van der Waals surface area contributed by atoms with Crippen molar-refractivity contribution in [2.45, 2.75) is 32.6 Å². The minimum atomic E-state index is -0.201. The van der Waals surface area contributed by atoms with E-state index in [9.17, 15) is 14.9 Å². The number of thiophene rings is 1. The average Bonchev–Trinajstić information content (AvgIpc) is 3.06. The van der Waals surface area contributed by atoms with Gasteiger partial charge in [-0.05, 0) is 50.3 Å². The highest BCUT2D eigenvalue weighted by Crippen LogP contribution is 2.37. The highest BCUT2D eigenvalue weighted by atomic mass is 32.2. The first-order chi connectivity index (χ1) is 14.1. The van der Waals surface area contributed by atoms with Crippen LogP contribution in [0.5, 0.6) is 5.75 Å². The van der Waals surface area contributed by atoms with Gasteiger partial charge in [0.05, 0.1) is 29.4 Å². The third kappa shape index (κ3) is 5.52. The van der Waals surface area contributed by atoms with E-state index in [1.165, 1.54) is 28.0 Å². The Morgan fingerprint density at radius 2 is 1.90 bits per heavy atom. The number of aryl methyl sites for hydroxylation is 1. The number of nitriles is 1. The number of para-hydroxylation sites is 2. The van der Waals surface area contributed by atoms with Crippen molar-refractivity contribution in [3.05, 3.63) is 40.3 Å². The summed E-state index contributed by atoms with van der Waals surface area (Å²) < 4.78 is 5.49. The number of amides is 2. The van der Waals surface area contributed by atoms with Crippen LogP contribution in [0, 0.1) is 11.3 Å². The lowest BCUT2D eigenvalue weighted by Crippen LogP contribution is -2.18. The molecule has 8 heteroatoms. The Hall–Kier alpha value is -2.50. The number of carbonyl (C=O) groups is 2. The number of rotatable bonds is 8. The van der Waals surface area contributed by atoms with Crippen molar-refractivity contribution in [3.63, 3.8) is 0 Å². The van der Waals surface area contributed by atoms with Crippen LogP contribution in [0.15, 0.2) is 24.3 Å². The van der Waals surface area contributed by atoms with Crippen molar-refractivity contribution in [3.8, 4) is 11.8 Å². The molecule has 0 atom stereocenters. The monoisotopic (exact) mass is 429 g/mol. The summed E-state index contributed by atoms with van der Waals surface area (Å²) in [4.78, 5) is 25.7. The smallest absolute Gasteiger partial charge is 0.235 e. The summed E-state index contributed by atoms with van der Waals surface area (Å²) >= 11 is 2.74. The van der Waals surface area contributed by atoms with Crippen LogP contribution in [0.25, 0.3) is 0 Å². The largest absolute Gasteiger partial charge is 0.492 e. The van der Waals surface area contributed by atoms with Gasteiger partial charge >= 0.3 is 0 Å². The summed E-state index contributed by atoms with van der Waals surface area (Å²) in [5.74, 6) is 0.525. The molecule has 1 aromatic carbocycles. The quantitative estimate of drug-likeness (QED) is 0.656. The van der Waals surface area contributed by atoms with Gasteiger partial charge < -0.3 is 15.4 Å². The fraction of sp³-hybridized carbons (Fsp3) is 0.381. The molecule has 152 valence electrons. The third-order valence-electron chi connectivity index (χ3n) is 4.46. The van der Waals surface area contributed by atoms with E-state index in [2.05, 4.69) is 16.7 Å². The summed E-state index contributed by atoms with van der Waals surface area (Å²) in [6.45, 7) is 2.40. The van der Waals surface area contributed by atoms with E-state index in [1.807, 2.05) is 19.1 Å². The molecule has 1 heterocycles. The highest BCUT2D eigenvalue weighted by Gasteiger charge is 2.21. The minimum absolute atomic E-state index is 0.147. The van der Waals surface area contributed by atoms with Gasteiger partial charge in [0.2, 0.25) is 11.8 Å². The van der Waals surface area contributed by atoms with Crippen LogP contribution >= 0.6 is 23.1 Å². The highest BCUT2D eigenvalue weighted by molar-refractivity contribution is 8.00. The van der Waals surface area contributed by atoms with Gasteiger partial charge in [0.15, 0.2) is 0 Å². The normalized spacial score (nSPS) is 12.6. The molecule has 0 saturated carbocycles. The molecule has 2 aromatic rings. The van der Waals surface area contributed by atoms with E-state index < -0.39 is 0 Å². The number of thioether (sulfide) groups is 1. The number of nitrogens with one attached hydrogen (secondary N) is 2. The second-order valence-electron chi connectivity index (χ2n) is 6.55. The molecule has 29 heavy (non-hydrogen) atoms. The predicted octanol–water partition coefficient (Wildman–Crippen LogP) is 4.21. The first-order valence-electron chi connectivity index (χ1n) is 9.56. The second kappa shape index (κ2) is 10.3. The molecule has 1 aromatic heterocycles.